The molecule has 0 aliphatic carbocycles. The molecule has 3 heteroatoms. The van der Waals surface area contributed by atoms with Crippen molar-refractivity contribution in [2.45, 2.75) is 32.4 Å². The van der Waals surface area contributed by atoms with Gasteiger partial charge in [0.25, 0.3) is 0 Å². The van der Waals surface area contributed by atoms with Gasteiger partial charge in [0, 0.05) is 21.0 Å². The molecule has 0 heterocycles. The Balaban J connectivity index is 2.11. The summed E-state index contributed by atoms with van der Waals surface area (Å²) < 4.78 is 2.25. The van der Waals surface area contributed by atoms with Gasteiger partial charge in [-0.2, -0.15) is 0 Å². The Morgan fingerprint density at radius 2 is 1.65 bits per heavy atom. The lowest BCUT2D eigenvalue weighted by atomic mass is 10.0. The number of halogens is 2. The van der Waals surface area contributed by atoms with Gasteiger partial charge < -0.3 is 5.32 Å². The van der Waals surface area contributed by atoms with Crippen molar-refractivity contribution in [1.29, 1.82) is 0 Å². The van der Waals surface area contributed by atoms with Crippen molar-refractivity contribution in [2.24, 2.45) is 0 Å². The molecule has 0 saturated heterocycles. The highest BCUT2D eigenvalue weighted by atomic mass is 79.9. The molecular formula is C17H19Br2N. The molecule has 2 unspecified atom stereocenters. The van der Waals surface area contributed by atoms with Gasteiger partial charge in [0.05, 0.1) is 0 Å². The Labute approximate surface area is 138 Å². The quantitative estimate of drug-likeness (QED) is 0.651. The summed E-state index contributed by atoms with van der Waals surface area (Å²) in [4.78, 5) is 0. The monoisotopic (exact) mass is 395 g/mol. The molecule has 0 saturated carbocycles. The second-order valence-corrected chi connectivity index (χ2v) is 6.79. The van der Waals surface area contributed by atoms with Crippen molar-refractivity contribution in [3.05, 3.63) is 68.6 Å². The maximum Gasteiger partial charge on any atom is 0.0323 e. The van der Waals surface area contributed by atoms with Crippen LogP contribution in [0.5, 0.6) is 0 Å². The summed E-state index contributed by atoms with van der Waals surface area (Å²) in [6.45, 7) is 4.43. The molecule has 1 nitrogen and oxygen atoms in total. The minimum Gasteiger partial charge on any atom is -0.303 e. The zero-order valence-corrected chi connectivity index (χ0v) is 14.9. The number of hydrogen-bond donors (Lipinski definition) is 1. The van der Waals surface area contributed by atoms with Crippen LogP contribution in [0.25, 0.3) is 0 Å². The predicted octanol–water partition coefficient (Wildman–Crippen LogP) is 6.01. The molecule has 0 radical (unpaired) electrons. The molecule has 0 aromatic heterocycles. The molecular weight excluding hydrogens is 378 g/mol. The van der Waals surface area contributed by atoms with Crippen LogP contribution in [0.1, 0.15) is 43.5 Å². The van der Waals surface area contributed by atoms with Gasteiger partial charge in [0.2, 0.25) is 0 Å². The Bertz CT molecular complexity index is 551. The van der Waals surface area contributed by atoms with Crippen LogP contribution in [-0.2, 0) is 0 Å². The zero-order valence-electron chi connectivity index (χ0n) is 11.7. The fourth-order valence-electron chi connectivity index (χ4n) is 2.32. The second kappa shape index (κ2) is 7.39. The first kappa shape index (κ1) is 15.7. The first-order valence-corrected chi connectivity index (χ1v) is 8.45. The van der Waals surface area contributed by atoms with E-state index in [9.17, 15) is 0 Å². The molecule has 0 spiro atoms. The molecule has 0 aliphatic rings. The van der Waals surface area contributed by atoms with E-state index in [2.05, 4.69) is 99.6 Å². The topological polar surface area (TPSA) is 12.0 Å². The average Bonchev–Trinajstić information content (AvgIpc) is 2.45. The van der Waals surface area contributed by atoms with Crippen molar-refractivity contribution >= 4 is 31.9 Å². The van der Waals surface area contributed by atoms with Gasteiger partial charge in [-0.15, -0.1) is 0 Å². The highest BCUT2D eigenvalue weighted by Gasteiger charge is 2.13. The Kier molecular flexibility index (Phi) is 5.82. The lowest BCUT2D eigenvalue weighted by Gasteiger charge is -2.23. The van der Waals surface area contributed by atoms with Crippen molar-refractivity contribution in [2.75, 3.05) is 0 Å². The molecule has 2 rings (SSSR count). The molecule has 2 atom stereocenters. The molecule has 0 fully saturated rings. The molecule has 2 aromatic rings. The van der Waals surface area contributed by atoms with Gasteiger partial charge in [-0.1, -0.05) is 63.0 Å². The van der Waals surface area contributed by atoms with Crippen LogP contribution in [-0.4, -0.2) is 0 Å². The van der Waals surface area contributed by atoms with Gasteiger partial charge >= 0.3 is 0 Å². The van der Waals surface area contributed by atoms with E-state index in [1.165, 1.54) is 11.1 Å². The van der Waals surface area contributed by atoms with Gasteiger partial charge in [-0.05, 0) is 48.7 Å². The summed E-state index contributed by atoms with van der Waals surface area (Å²) in [5, 5.41) is 3.71. The SMILES string of the molecule is CCC(NC(C)c1ccc(Br)cc1)c1cccc(Br)c1. The second-order valence-electron chi connectivity index (χ2n) is 4.96. The van der Waals surface area contributed by atoms with Crippen molar-refractivity contribution in [3.8, 4) is 0 Å². The summed E-state index contributed by atoms with van der Waals surface area (Å²) in [7, 11) is 0. The van der Waals surface area contributed by atoms with E-state index in [1.54, 1.807) is 0 Å². The zero-order chi connectivity index (χ0) is 14.5. The van der Waals surface area contributed by atoms with Crippen molar-refractivity contribution in [3.63, 3.8) is 0 Å². The number of nitrogens with one attached hydrogen (secondary N) is 1. The molecule has 0 aliphatic heterocycles. The normalized spacial score (nSPS) is 14.0. The van der Waals surface area contributed by atoms with E-state index in [0.29, 0.717) is 12.1 Å². The van der Waals surface area contributed by atoms with Crippen LogP contribution in [0.15, 0.2) is 57.5 Å². The largest absolute Gasteiger partial charge is 0.303 e. The molecule has 0 amide bonds. The Morgan fingerprint density at radius 3 is 2.25 bits per heavy atom. The van der Waals surface area contributed by atoms with Crippen LogP contribution >= 0.6 is 31.9 Å². The van der Waals surface area contributed by atoms with Crippen LogP contribution in [0.2, 0.25) is 0 Å². The molecule has 2 aromatic carbocycles. The number of benzene rings is 2. The first-order valence-electron chi connectivity index (χ1n) is 6.87. The van der Waals surface area contributed by atoms with Gasteiger partial charge in [0.1, 0.15) is 0 Å². The summed E-state index contributed by atoms with van der Waals surface area (Å²) in [6, 6.07) is 17.7. The van der Waals surface area contributed by atoms with E-state index in [1.807, 2.05) is 0 Å². The third-order valence-corrected chi connectivity index (χ3v) is 4.50. The minimum absolute atomic E-state index is 0.326. The van der Waals surface area contributed by atoms with E-state index in [4.69, 9.17) is 0 Å². The summed E-state index contributed by atoms with van der Waals surface area (Å²) in [6.07, 6.45) is 1.07. The van der Waals surface area contributed by atoms with Crippen molar-refractivity contribution < 1.29 is 0 Å². The maximum absolute atomic E-state index is 3.71. The third kappa shape index (κ3) is 4.18. The molecule has 0 bridgehead atoms. The minimum atomic E-state index is 0.326. The highest BCUT2D eigenvalue weighted by molar-refractivity contribution is 9.10. The summed E-state index contributed by atoms with van der Waals surface area (Å²) in [5.41, 5.74) is 2.63. The van der Waals surface area contributed by atoms with E-state index < -0.39 is 0 Å². The number of rotatable bonds is 5. The van der Waals surface area contributed by atoms with Crippen molar-refractivity contribution in [1.82, 2.24) is 5.32 Å². The first-order chi connectivity index (χ1) is 9.60. The molecule has 20 heavy (non-hydrogen) atoms. The smallest absolute Gasteiger partial charge is 0.0323 e. The Hall–Kier alpha value is -0.640. The van der Waals surface area contributed by atoms with E-state index >= 15 is 0 Å². The predicted molar refractivity (Wildman–Crippen MR) is 92.9 cm³/mol. The lowest BCUT2D eigenvalue weighted by Crippen LogP contribution is -2.24. The summed E-state index contributed by atoms with van der Waals surface area (Å²) in [5.74, 6) is 0. The van der Waals surface area contributed by atoms with Crippen LogP contribution in [0, 0.1) is 0 Å². The van der Waals surface area contributed by atoms with Crippen LogP contribution in [0.3, 0.4) is 0 Å². The third-order valence-electron chi connectivity index (χ3n) is 3.48. The van der Waals surface area contributed by atoms with E-state index in [0.717, 1.165) is 15.4 Å². The highest BCUT2D eigenvalue weighted by Crippen LogP contribution is 2.25. The van der Waals surface area contributed by atoms with Gasteiger partial charge in [-0.25, -0.2) is 0 Å². The van der Waals surface area contributed by atoms with Crippen LogP contribution in [0.4, 0.5) is 0 Å². The molecule has 106 valence electrons. The standard InChI is InChI=1S/C17H19Br2N/c1-3-17(14-5-4-6-16(19)11-14)20-12(2)13-7-9-15(18)10-8-13/h4-12,17,20H,3H2,1-2H3. The lowest BCUT2D eigenvalue weighted by molar-refractivity contribution is 0.456. The van der Waals surface area contributed by atoms with Gasteiger partial charge in [-0.3, -0.25) is 0 Å². The van der Waals surface area contributed by atoms with Gasteiger partial charge in [0.15, 0.2) is 0 Å². The fraction of sp³-hybridized carbons (Fsp3) is 0.294. The Morgan fingerprint density at radius 1 is 0.950 bits per heavy atom. The van der Waals surface area contributed by atoms with E-state index in [-0.39, 0.29) is 0 Å². The maximum atomic E-state index is 3.71. The fourth-order valence-corrected chi connectivity index (χ4v) is 3.00. The average molecular weight is 397 g/mol. The summed E-state index contributed by atoms with van der Waals surface area (Å²) >= 11 is 7.02. The molecule has 1 N–H and O–H groups in total. The van der Waals surface area contributed by atoms with Crippen LogP contribution < -0.4 is 5.32 Å². The number of hydrogen-bond acceptors (Lipinski definition) is 1.